The minimum absolute atomic E-state index is 0.0633. The number of carbonyl (C=O) groups is 1. The van der Waals surface area contributed by atoms with Gasteiger partial charge in [-0.2, -0.15) is 0 Å². The number of anilines is 1. The van der Waals surface area contributed by atoms with Gasteiger partial charge in [-0.25, -0.2) is 0 Å². The van der Waals surface area contributed by atoms with Gasteiger partial charge in [-0.15, -0.1) is 0 Å². The molecule has 1 aromatic rings. The molecule has 2 rings (SSSR count). The van der Waals surface area contributed by atoms with Crippen molar-refractivity contribution >= 4 is 11.6 Å². The van der Waals surface area contributed by atoms with Crippen molar-refractivity contribution in [1.29, 1.82) is 0 Å². The summed E-state index contributed by atoms with van der Waals surface area (Å²) >= 11 is 0. The number of rotatable bonds is 13. The fourth-order valence-corrected chi connectivity index (χ4v) is 3.38. The van der Waals surface area contributed by atoms with Crippen LogP contribution in [-0.4, -0.2) is 38.9 Å². The van der Waals surface area contributed by atoms with Gasteiger partial charge in [0.25, 0.3) is 0 Å². The predicted molar refractivity (Wildman–Crippen MR) is 108 cm³/mol. The van der Waals surface area contributed by atoms with Crippen molar-refractivity contribution in [3.63, 3.8) is 0 Å². The molecule has 0 aliphatic carbocycles. The van der Waals surface area contributed by atoms with Crippen LogP contribution in [0.15, 0.2) is 24.3 Å². The number of methoxy groups -OCH3 is 1. The molecule has 1 atom stereocenters. The fourth-order valence-electron chi connectivity index (χ4n) is 3.38. The molecule has 1 N–H and O–H groups in total. The molecular formula is C22H35NO4. The van der Waals surface area contributed by atoms with Crippen LogP contribution in [0.4, 0.5) is 5.69 Å². The number of nitrogens with one attached hydrogen (secondary N) is 1. The lowest BCUT2D eigenvalue weighted by Crippen LogP contribution is -2.28. The highest BCUT2D eigenvalue weighted by molar-refractivity contribution is 5.92. The zero-order chi connectivity index (χ0) is 19.2. The van der Waals surface area contributed by atoms with Gasteiger partial charge in [-0.3, -0.25) is 4.79 Å². The third kappa shape index (κ3) is 9.25. The van der Waals surface area contributed by atoms with Gasteiger partial charge in [-0.1, -0.05) is 57.1 Å². The molecule has 5 heteroatoms. The third-order valence-corrected chi connectivity index (χ3v) is 4.95. The molecule has 0 saturated carbocycles. The van der Waals surface area contributed by atoms with Crippen molar-refractivity contribution in [2.24, 2.45) is 0 Å². The standard InChI is InChI=1S/C22H35NO4/c1-25-21-14-11-10-13-20(21)23-22(24)15-9-7-5-3-2-4-6-8-12-19-18-26-16-17-27-19/h10-11,13-14,19H,2-9,12,15-18H2,1H3,(H,23,24)/t19-/m1/s1. The van der Waals surface area contributed by atoms with Crippen LogP contribution in [0.1, 0.15) is 64.2 Å². The van der Waals surface area contributed by atoms with Gasteiger partial charge in [0, 0.05) is 6.42 Å². The van der Waals surface area contributed by atoms with E-state index in [1.54, 1.807) is 7.11 Å². The molecule has 1 aromatic carbocycles. The second-order valence-electron chi connectivity index (χ2n) is 7.18. The summed E-state index contributed by atoms with van der Waals surface area (Å²) in [4.78, 5) is 12.0. The zero-order valence-corrected chi connectivity index (χ0v) is 16.7. The van der Waals surface area contributed by atoms with Crippen LogP contribution in [0.25, 0.3) is 0 Å². The van der Waals surface area contributed by atoms with Crippen molar-refractivity contribution in [2.45, 2.75) is 70.3 Å². The number of amides is 1. The molecule has 1 fully saturated rings. The van der Waals surface area contributed by atoms with Crippen molar-refractivity contribution in [3.05, 3.63) is 24.3 Å². The molecule has 0 radical (unpaired) electrons. The number of hydrogen-bond donors (Lipinski definition) is 1. The van der Waals surface area contributed by atoms with Crippen LogP contribution in [-0.2, 0) is 14.3 Å². The maximum Gasteiger partial charge on any atom is 0.224 e. The van der Waals surface area contributed by atoms with E-state index in [0.29, 0.717) is 18.3 Å². The number of ether oxygens (including phenoxy) is 3. The Morgan fingerprint density at radius 1 is 1.04 bits per heavy atom. The Balaban J connectivity index is 1.40. The summed E-state index contributed by atoms with van der Waals surface area (Å²) in [6.07, 6.45) is 11.6. The molecule has 0 bridgehead atoms. The molecule has 0 unspecified atom stereocenters. The van der Waals surface area contributed by atoms with Crippen molar-refractivity contribution in [2.75, 3.05) is 32.2 Å². The maximum absolute atomic E-state index is 12.0. The molecular weight excluding hydrogens is 342 g/mol. The molecule has 1 aliphatic rings. The highest BCUT2D eigenvalue weighted by Crippen LogP contribution is 2.23. The van der Waals surface area contributed by atoms with Gasteiger partial charge in [0.15, 0.2) is 0 Å². The van der Waals surface area contributed by atoms with Crippen LogP contribution < -0.4 is 10.1 Å². The second-order valence-corrected chi connectivity index (χ2v) is 7.18. The predicted octanol–water partition coefficient (Wildman–Crippen LogP) is 4.95. The van der Waals surface area contributed by atoms with Gasteiger partial charge in [0.1, 0.15) is 5.75 Å². The van der Waals surface area contributed by atoms with Crippen molar-refractivity contribution < 1.29 is 19.0 Å². The topological polar surface area (TPSA) is 56.8 Å². The first-order chi connectivity index (χ1) is 13.3. The Bertz CT molecular complexity index is 529. The van der Waals surface area contributed by atoms with Crippen LogP contribution in [0.2, 0.25) is 0 Å². The monoisotopic (exact) mass is 377 g/mol. The lowest BCUT2D eigenvalue weighted by atomic mass is 10.0. The van der Waals surface area contributed by atoms with Crippen molar-refractivity contribution in [1.82, 2.24) is 0 Å². The first-order valence-electron chi connectivity index (χ1n) is 10.4. The number of unbranched alkanes of at least 4 members (excludes halogenated alkanes) is 7. The molecule has 152 valence electrons. The zero-order valence-electron chi connectivity index (χ0n) is 16.7. The molecule has 0 spiro atoms. The number of carbonyl (C=O) groups excluding carboxylic acids is 1. The highest BCUT2D eigenvalue weighted by atomic mass is 16.6. The molecule has 1 amide bonds. The summed E-state index contributed by atoms with van der Waals surface area (Å²) in [6.45, 7) is 2.27. The Morgan fingerprint density at radius 2 is 1.74 bits per heavy atom. The quantitative estimate of drug-likeness (QED) is 0.494. The maximum atomic E-state index is 12.0. The molecule has 5 nitrogen and oxygen atoms in total. The normalized spacial score (nSPS) is 16.9. The summed E-state index contributed by atoms with van der Waals surface area (Å²) in [5.74, 6) is 0.766. The molecule has 1 aliphatic heterocycles. The van der Waals surface area contributed by atoms with Crippen LogP contribution in [0, 0.1) is 0 Å². The summed E-state index contributed by atoms with van der Waals surface area (Å²) < 4.78 is 16.3. The van der Waals surface area contributed by atoms with Crippen LogP contribution >= 0.6 is 0 Å². The minimum Gasteiger partial charge on any atom is -0.495 e. The summed E-state index contributed by atoms with van der Waals surface area (Å²) in [7, 11) is 1.61. The van der Waals surface area contributed by atoms with E-state index in [-0.39, 0.29) is 5.91 Å². The van der Waals surface area contributed by atoms with Gasteiger partial charge >= 0.3 is 0 Å². The molecule has 27 heavy (non-hydrogen) atoms. The van der Waals surface area contributed by atoms with E-state index >= 15 is 0 Å². The summed E-state index contributed by atoms with van der Waals surface area (Å²) in [5, 5.41) is 2.93. The largest absolute Gasteiger partial charge is 0.495 e. The Morgan fingerprint density at radius 3 is 2.44 bits per heavy atom. The minimum atomic E-state index is 0.0633. The van der Waals surface area contributed by atoms with E-state index in [2.05, 4.69) is 5.32 Å². The SMILES string of the molecule is COc1ccccc1NC(=O)CCCCCCCCCC[C@@H]1COCCO1. The Kier molecular flexibility index (Phi) is 10.9. The highest BCUT2D eigenvalue weighted by Gasteiger charge is 2.13. The lowest BCUT2D eigenvalue weighted by molar-refractivity contribution is -0.116. The fraction of sp³-hybridized carbons (Fsp3) is 0.682. The molecule has 0 aromatic heterocycles. The first-order valence-corrected chi connectivity index (χ1v) is 10.4. The van der Waals surface area contributed by atoms with Crippen LogP contribution in [0.5, 0.6) is 5.75 Å². The third-order valence-electron chi connectivity index (χ3n) is 4.95. The van der Waals surface area contributed by atoms with E-state index in [1.165, 1.54) is 38.5 Å². The van der Waals surface area contributed by atoms with E-state index in [0.717, 1.165) is 44.8 Å². The average Bonchev–Trinajstić information content (AvgIpc) is 2.70. The number of benzene rings is 1. The second kappa shape index (κ2) is 13.6. The molecule has 1 heterocycles. The summed E-state index contributed by atoms with van der Waals surface area (Å²) in [6, 6.07) is 7.51. The summed E-state index contributed by atoms with van der Waals surface area (Å²) in [5.41, 5.74) is 0.746. The van der Waals surface area contributed by atoms with Gasteiger partial charge < -0.3 is 19.5 Å². The van der Waals surface area contributed by atoms with E-state index in [9.17, 15) is 4.79 Å². The van der Waals surface area contributed by atoms with Gasteiger partial charge in [0.05, 0.1) is 38.7 Å². The number of hydrogen-bond acceptors (Lipinski definition) is 4. The van der Waals surface area contributed by atoms with Gasteiger partial charge in [0.2, 0.25) is 5.91 Å². The lowest BCUT2D eigenvalue weighted by Gasteiger charge is -2.22. The van der Waals surface area contributed by atoms with Gasteiger partial charge in [-0.05, 0) is 25.0 Å². The smallest absolute Gasteiger partial charge is 0.224 e. The van der Waals surface area contributed by atoms with E-state index in [1.807, 2.05) is 24.3 Å². The number of para-hydroxylation sites is 2. The van der Waals surface area contributed by atoms with Crippen molar-refractivity contribution in [3.8, 4) is 5.75 Å². The molecule has 1 saturated heterocycles. The average molecular weight is 378 g/mol. The Hall–Kier alpha value is -1.59. The van der Waals surface area contributed by atoms with E-state index in [4.69, 9.17) is 14.2 Å². The Labute approximate surface area is 163 Å². The van der Waals surface area contributed by atoms with E-state index < -0.39 is 0 Å². The first kappa shape index (κ1) is 21.7. The van der Waals surface area contributed by atoms with Crippen LogP contribution in [0.3, 0.4) is 0 Å².